The number of hydrogen-bond acceptors (Lipinski definition) is 5. The first-order chi connectivity index (χ1) is 18.2. The zero-order valence-corrected chi connectivity index (χ0v) is 23.1. The molecule has 2 aliphatic rings. The van der Waals surface area contributed by atoms with Crippen molar-refractivity contribution in [3.8, 4) is 0 Å². The normalized spacial score (nSPS) is 19.7. The van der Waals surface area contributed by atoms with Gasteiger partial charge in [0, 0.05) is 37.4 Å². The van der Waals surface area contributed by atoms with Gasteiger partial charge in [0.2, 0.25) is 5.91 Å². The van der Waals surface area contributed by atoms with Crippen molar-refractivity contribution in [2.75, 3.05) is 31.6 Å². The molecule has 1 heterocycles. The van der Waals surface area contributed by atoms with E-state index >= 15 is 0 Å². The molecule has 1 saturated carbocycles. The molecule has 0 bridgehead atoms. The van der Waals surface area contributed by atoms with Crippen LogP contribution in [0.25, 0.3) is 0 Å². The van der Waals surface area contributed by atoms with E-state index in [0.717, 1.165) is 25.7 Å². The molecule has 1 saturated heterocycles. The van der Waals surface area contributed by atoms with Gasteiger partial charge < -0.3 is 30.5 Å². The molecule has 3 unspecified atom stereocenters. The van der Waals surface area contributed by atoms with Crippen LogP contribution in [0.3, 0.4) is 0 Å². The van der Waals surface area contributed by atoms with Crippen molar-refractivity contribution in [2.24, 2.45) is 5.92 Å². The van der Waals surface area contributed by atoms with E-state index in [9.17, 15) is 19.2 Å². The molecule has 2 fully saturated rings. The number of benzene rings is 1. The average Bonchev–Trinajstić information content (AvgIpc) is 2.91. The highest BCUT2D eigenvalue weighted by Gasteiger charge is 2.35. The zero-order valence-electron chi connectivity index (χ0n) is 23.1. The van der Waals surface area contributed by atoms with Crippen molar-refractivity contribution < 1.29 is 23.9 Å². The maximum absolute atomic E-state index is 13.5. The fraction of sp³-hybridized carbons (Fsp3) is 0.643. The molecule has 0 aromatic heterocycles. The summed E-state index contributed by atoms with van der Waals surface area (Å²) in [6, 6.07) is 5.26. The summed E-state index contributed by atoms with van der Waals surface area (Å²) >= 11 is 0. The lowest BCUT2D eigenvalue weighted by atomic mass is 9.95. The summed E-state index contributed by atoms with van der Waals surface area (Å²) in [5, 5.41) is 8.76. The number of carbonyl (C=O) groups excluding carboxylic acids is 4. The highest BCUT2D eigenvalue weighted by molar-refractivity contribution is 5.95. The number of anilines is 1. The molecule has 3 N–H and O–H groups in total. The van der Waals surface area contributed by atoms with Gasteiger partial charge in [-0.15, -0.1) is 0 Å². The summed E-state index contributed by atoms with van der Waals surface area (Å²) in [6.07, 6.45) is 6.30. The first kappa shape index (κ1) is 29.3. The van der Waals surface area contributed by atoms with E-state index in [0.29, 0.717) is 37.3 Å². The summed E-state index contributed by atoms with van der Waals surface area (Å²) in [7, 11) is 0. The van der Waals surface area contributed by atoms with Gasteiger partial charge in [0.1, 0.15) is 6.04 Å². The second kappa shape index (κ2) is 14.0. The van der Waals surface area contributed by atoms with Crippen LogP contribution in [-0.4, -0.2) is 78.1 Å². The molecule has 3 atom stereocenters. The van der Waals surface area contributed by atoms with Crippen LogP contribution in [0, 0.1) is 5.92 Å². The molecule has 1 aliphatic heterocycles. The fourth-order valence-corrected chi connectivity index (χ4v) is 5.06. The number of amides is 5. The Labute approximate surface area is 225 Å². The van der Waals surface area contributed by atoms with Crippen molar-refractivity contribution in [1.29, 1.82) is 0 Å². The summed E-state index contributed by atoms with van der Waals surface area (Å²) < 4.78 is 4.98. The van der Waals surface area contributed by atoms with Crippen LogP contribution in [0.15, 0.2) is 24.3 Å². The van der Waals surface area contributed by atoms with Crippen LogP contribution in [0.1, 0.15) is 76.6 Å². The van der Waals surface area contributed by atoms with Crippen LogP contribution < -0.4 is 16.0 Å². The van der Waals surface area contributed by atoms with E-state index in [1.54, 1.807) is 36.1 Å². The number of urea groups is 2. The molecular weight excluding hydrogens is 486 g/mol. The van der Waals surface area contributed by atoms with E-state index < -0.39 is 18.0 Å². The molecule has 5 amide bonds. The monoisotopic (exact) mass is 529 g/mol. The third kappa shape index (κ3) is 7.85. The molecule has 0 spiro atoms. The molecular formula is C28H43N5O5. The van der Waals surface area contributed by atoms with Crippen LogP contribution in [0.4, 0.5) is 15.3 Å². The Morgan fingerprint density at radius 2 is 1.71 bits per heavy atom. The van der Waals surface area contributed by atoms with Gasteiger partial charge in [0.05, 0.1) is 12.2 Å². The number of piperazine rings is 1. The molecule has 3 rings (SSSR count). The number of carbonyl (C=O) groups is 4. The lowest BCUT2D eigenvalue weighted by Crippen LogP contribution is -2.62. The van der Waals surface area contributed by atoms with E-state index in [2.05, 4.69) is 16.0 Å². The lowest BCUT2D eigenvalue weighted by molar-refractivity contribution is -0.136. The Morgan fingerprint density at radius 3 is 2.32 bits per heavy atom. The summed E-state index contributed by atoms with van der Waals surface area (Å²) in [4.78, 5) is 54.6. The molecule has 1 aliphatic carbocycles. The fourth-order valence-electron chi connectivity index (χ4n) is 5.06. The maximum atomic E-state index is 13.5. The third-order valence-corrected chi connectivity index (χ3v) is 7.55. The van der Waals surface area contributed by atoms with Crippen LogP contribution in [0.5, 0.6) is 0 Å². The second-order valence-corrected chi connectivity index (χ2v) is 10.4. The highest BCUT2D eigenvalue weighted by atomic mass is 16.5. The number of esters is 1. The Kier molecular flexibility index (Phi) is 10.8. The SMILES string of the molecule is CCOC(=O)c1ccc(NC(=O)NC(C(=O)N2CCN(C(=O)NC3CCCCC3)C(C)C2)C(C)CC)cc1. The number of nitrogens with zero attached hydrogens (tertiary/aromatic N) is 2. The molecule has 38 heavy (non-hydrogen) atoms. The van der Waals surface area contributed by atoms with E-state index in [-0.39, 0.29) is 36.5 Å². The van der Waals surface area contributed by atoms with E-state index in [1.165, 1.54) is 6.42 Å². The van der Waals surface area contributed by atoms with Crippen LogP contribution in [0.2, 0.25) is 0 Å². The largest absolute Gasteiger partial charge is 0.462 e. The zero-order chi connectivity index (χ0) is 27.7. The van der Waals surface area contributed by atoms with Crippen LogP contribution >= 0.6 is 0 Å². The molecule has 210 valence electrons. The van der Waals surface area contributed by atoms with Gasteiger partial charge in [0.25, 0.3) is 0 Å². The Hall–Kier alpha value is -3.30. The minimum Gasteiger partial charge on any atom is -0.462 e. The van der Waals surface area contributed by atoms with E-state index in [4.69, 9.17) is 4.74 Å². The maximum Gasteiger partial charge on any atom is 0.338 e. The Bertz CT molecular complexity index is 963. The van der Waals surface area contributed by atoms with E-state index in [1.807, 2.05) is 25.7 Å². The van der Waals surface area contributed by atoms with Crippen molar-refractivity contribution in [3.63, 3.8) is 0 Å². The van der Waals surface area contributed by atoms with Gasteiger partial charge in [-0.3, -0.25) is 4.79 Å². The Morgan fingerprint density at radius 1 is 1.03 bits per heavy atom. The Balaban J connectivity index is 1.56. The molecule has 10 heteroatoms. The predicted molar refractivity (Wildman–Crippen MR) is 146 cm³/mol. The predicted octanol–water partition coefficient (Wildman–Crippen LogP) is 3.97. The topological polar surface area (TPSA) is 120 Å². The number of rotatable bonds is 8. The highest BCUT2D eigenvalue weighted by Crippen LogP contribution is 2.20. The second-order valence-electron chi connectivity index (χ2n) is 10.4. The lowest BCUT2D eigenvalue weighted by Gasteiger charge is -2.42. The van der Waals surface area contributed by atoms with Gasteiger partial charge in [-0.25, -0.2) is 14.4 Å². The number of hydrogen-bond donors (Lipinski definition) is 3. The van der Waals surface area contributed by atoms with Crippen molar-refractivity contribution in [3.05, 3.63) is 29.8 Å². The minimum atomic E-state index is -0.700. The van der Waals surface area contributed by atoms with Crippen LogP contribution in [-0.2, 0) is 9.53 Å². The summed E-state index contributed by atoms with van der Waals surface area (Å²) in [6.45, 7) is 9.20. The van der Waals surface area contributed by atoms with Gasteiger partial charge in [-0.2, -0.15) is 0 Å². The molecule has 1 aromatic carbocycles. The first-order valence-corrected chi connectivity index (χ1v) is 13.9. The minimum absolute atomic E-state index is 0.0542. The van der Waals surface area contributed by atoms with Gasteiger partial charge in [-0.1, -0.05) is 39.5 Å². The van der Waals surface area contributed by atoms with Gasteiger partial charge >= 0.3 is 18.0 Å². The van der Waals surface area contributed by atoms with Gasteiger partial charge in [-0.05, 0) is 56.9 Å². The molecule has 10 nitrogen and oxygen atoms in total. The summed E-state index contributed by atoms with van der Waals surface area (Å²) in [5.74, 6) is -0.652. The summed E-state index contributed by atoms with van der Waals surface area (Å²) in [5.41, 5.74) is 0.892. The van der Waals surface area contributed by atoms with Crippen molar-refractivity contribution in [2.45, 2.75) is 84.3 Å². The molecule has 1 aromatic rings. The van der Waals surface area contributed by atoms with Crippen molar-refractivity contribution in [1.82, 2.24) is 20.4 Å². The first-order valence-electron chi connectivity index (χ1n) is 13.9. The average molecular weight is 530 g/mol. The smallest absolute Gasteiger partial charge is 0.338 e. The third-order valence-electron chi connectivity index (χ3n) is 7.55. The number of nitrogens with one attached hydrogen (secondary N) is 3. The van der Waals surface area contributed by atoms with Crippen molar-refractivity contribution >= 4 is 29.6 Å². The van der Waals surface area contributed by atoms with Gasteiger partial charge in [0.15, 0.2) is 0 Å². The molecule has 0 radical (unpaired) electrons. The number of ether oxygens (including phenoxy) is 1. The quantitative estimate of drug-likeness (QED) is 0.440. The standard InChI is InChI=1S/C28H43N5O5/c1-5-19(3)24(31-27(36)29-23-14-12-21(13-15-23)26(35)38-6-2)25(34)32-16-17-33(20(4)18-32)28(37)30-22-10-8-7-9-11-22/h12-15,19-20,22,24H,5-11,16-18H2,1-4H3,(H,30,37)(H2,29,31,36).